The van der Waals surface area contributed by atoms with Gasteiger partial charge in [0.15, 0.2) is 5.82 Å². The number of aromatic nitrogens is 3. The Kier molecular flexibility index (Phi) is 6.75. The summed E-state index contributed by atoms with van der Waals surface area (Å²) in [6.45, 7) is 3.03. The molecule has 0 saturated heterocycles. The van der Waals surface area contributed by atoms with Crippen LogP contribution in [-0.4, -0.2) is 25.8 Å². The van der Waals surface area contributed by atoms with E-state index in [-0.39, 0.29) is 0 Å². The summed E-state index contributed by atoms with van der Waals surface area (Å²) in [6.07, 6.45) is 3.57. The molecule has 0 bridgehead atoms. The van der Waals surface area contributed by atoms with E-state index >= 15 is 0 Å². The Hall–Kier alpha value is -3.73. The Morgan fingerprint density at radius 2 is 1.56 bits per heavy atom. The van der Waals surface area contributed by atoms with Gasteiger partial charge in [-0.25, -0.2) is 14.5 Å². The van der Waals surface area contributed by atoms with Crippen LogP contribution in [0, 0.1) is 0 Å². The predicted octanol–water partition coefficient (Wildman–Crippen LogP) is 5.63. The number of carboxylic acids is 1. The molecule has 5 heteroatoms. The third kappa shape index (κ3) is 5.11. The lowest BCUT2D eigenvalue weighted by molar-refractivity contribution is 0.0697. The SMILES string of the molecule is CCCCn1nc(Cc2ccccc2)nc1Cc1ccc(-c2ccccc2C(=O)O)cc1. The van der Waals surface area contributed by atoms with Gasteiger partial charge < -0.3 is 5.11 Å². The first-order valence-electron chi connectivity index (χ1n) is 11.0. The standard InChI is InChI=1S/C27H27N3O2/c1-2-3-17-30-26(28-25(29-30)18-20-9-5-4-6-10-20)19-21-13-15-22(16-14-21)23-11-7-8-12-24(23)27(31)32/h4-16H,2-3,17-19H2,1H3,(H,31,32). The van der Waals surface area contributed by atoms with Crippen molar-refractivity contribution in [3.05, 3.63) is 107 Å². The first-order valence-corrected chi connectivity index (χ1v) is 11.0. The van der Waals surface area contributed by atoms with Crippen molar-refractivity contribution in [3.63, 3.8) is 0 Å². The fraction of sp³-hybridized carbons (Fsp3) is 0.222. The van der Waals surface area contributed by atoms with Gasteiger partial charge in [0.2, 0.25) is 0 Å². The minimum absolute atomic E-state index is 0.310. The van der Waals surface area contributed by atoms with Crippen molar-refractivity contribution < 1.29 is 9.90 Å². The largest absolute Gasteiger partial charge is 0.478 e. The van der Waals surface area contributed by atoms with Crippen LogP contribution in [0.3, 0.4) is 0 Å². The van der Waals surface area contributed by atoms with Crippen LogP contribution in [0.25, 0.3) is 11.1 Å². The first-order chi connectivity index (χ1) is 15.6. The molecule has 3 aromatic carbocycles. The Balaban J connectivity index is 1.56. The Bertz CT molecular complexity index is 1180. The van der Waals surface area contributed by atoms with E-state index in [1.165, 1.54) is 5.56 Å². The van der Waals surface area contributed by atoms with Gasteiger partial charge in [0.1, 0.15) is 5.82 Å². The first kappa shape index (κ1) is 21.5. The van der Waals surface area contributed by atoms with Gasteiger partial charge in [-0.1, -0.05) is 86.1 Å². The van der Waals surface area contributed by atoms with Crippen LogP contribution in [0.1, 0.15) is 52.9 Å². The van der Waals surface area contributed by atoms with Gasteiger partial charge in [-0.2, -0.15) is 5.10 Å². The highest BCUT2D eigenvalue weighted by molar-refractivity contribution is 5.95. The number of carboxylic acid groups (broad SMARTS) is 1. The summed E-state index contributed by atoms with van der Waals surface area (Å²) in [6, 6.07) is 25.4. The van der Waals surface area contributed by atoms with Crippen LogP contribution in [0.2, 0.25) is 0 Å². The van der Waals surface area contributed by atoms with Gasteiger partial charge in [0.05, 0.1) is 5.56 Å². The summed E-state index contributed by atoms with van der Waals surface area (Å²) in [5.74, 6) is 0.886. The molecule has 0 saturated carbocycles. The van der Waals surface area contributed by atoms with Crippen molar-refractivity contribution in [2.24, 2.45) is 0 Å². The van der Waals surface area contributed by atoms with E-state index in [1.54, 1.807) is 12.1 Å². The number of unbranched alkanes of at least 4 members (excludes halogenated alkanes) is 1. The second kappa shape index (κ2) is 10.1. The summed E-state index contributed by atoms with van der Waals surface area (Å²) >= 11 is 0. The summed E-state index contributed by atoms with van der Waals surface area (Å²) in [7, 11) is 0. The molecule has 0 aliphatic heterocycles. The lowest BCUT2D eigenvalue weighted by Crippen LogP contribution is -2.06. The molecule has 1 N–H and O–H groups in total. The van der Waals surface area contributed by atoms with Crippen molar-refractivity contribution in [1.29, 1.82) is 0 Å². The van der Waals surface area contributed by atoms with Gasteiger partial charge in [0.25, 0.3) is 0 Å². The normalized spacial score (nSPS) is 10.9. The molecular formula is C27H27N3O2. The maximum absolute atomic E-state index is 11.5. The molecule has 0 atom stereocenters. The molecule has 0 amide bonds. The number of hydrogen-bond donors (Lipinski definition) is 1. The van der Waals surface area contributed by atoms with Gasteiger partial charge >= 0.3 is 5.97 Å². The molecule has 5 nitrogen and oxygen atoms in total. The van der Waals surface area contributed by atoms with Crippen LogP contribution >= 0.6 is 0 Å². The van der Waals surface area contributed by atoms with E-state index in [1.807, 2.05) is 59.3 Å². The van der Waals surface area contributed by atoms with E-state index in [0.29, 0.717) is 12.0 Å². The fourth-order valence-corrected chi connectivity index (χ4v) is 3.80. The lowest BCUT2D eigenvalue weighted by atomic mass is 9.98. The number of carbonyl (C=O) groups is 1. The van der Waals surface area contributed by atoms with E-state index in [4.69, 9.17) is 10.1 Å². The third-order valence-corrected chi connectivity index (χ3v) is 5.51. The second-order valence-corrected chi connectivity index (χ2v) is 7.91. The van der Waals surface area contributed by atoms with E-state index in [2.05, 4.69) is 19.1 Å². The Morgan fingerprint density at radius 1 is 0.875 bits per heavy atom. The van der Waals surface area contributed by atoms with Gasteiger partial charge in [-0.05, 0) is 34.7 Å². The van der Waals surface area contributed by atoms with Crippen molar-refractivity contribution in [1.82, 2.24) is 14.8 Å². The molecule has 4 aromatic rings. The number of aromatic carboxylic acids is 1. The summed E-state index contributed by atoms with van der Waals surface area (Å²) < 4.78 is 2.04. The van der Waals surface area contributed by atoms with Gasteiger partial charge in [-0.15, -0.1) is 0 Å². The average Bonchev–Trinajstić information content (AvgIpc) is 3.19. The molecule has 1 heterocycles. The molecule has 0 fully saturated rings. The number of rotatable bonds is 9. The molecule has 0 spiro atoms. The van der Waals surface area contributed by atoms with Crippen molar-refractivity contribution in [3.8, 4) is 11.1 Å². The molecule has 162 valence electrons. The molecular weight excluding hydrogens is 398 g/mol. The third-order valence-electron chi connectivity index (χ3n) is 5.51. The van der Waals surface area contributed by atoms with Gasteiger partial charge in [-0.3, -0.25) is 0 Å². The zero-order chi connectivity index (χ0) is 22.3. The van der Waals surface area contributed by atoms with Crippen LogP contribution in [0.5, 0.6) is 0 Å². The van der Waals surface area contributed by atoms with Crippen LogP contribution in [-0.2, 0) is 19.4 Å². The lowest BCUT2D eigenvalue weighted by Gasteiger charge is -2.08. The minimum Gasteiger partial charge on any atom is -0.478 e. The second-order valence-electron chi connectivity index (χ2n) is 7.91. The number of benzene rings is 3. The molecule has 4 rings (SSSR count). The molecule has 0 aliphatic carbocycles. The summed E-state index contributed by atoms with van der Waals surface area (Å²) in [5.41, 5.74) is 4.25. The highest BCUT2D eigenvalue weighted by atomic mass is 16.4. The van der Waals surface area contributed by atoms with Crippen LogP contribution in [0.4, 0.5) is 0 Å². The smallest absolute Gasteiger partial charge is 0.336 e. The number of nitrogens with zero attached hydrogens (tertiary/aromatic N) is 3. The van der Waals surface area contributed by atoms with Gasteiger partial charge in [0, 0.05) is 19.4 Å². The summed E-state index contributed by atoms with van der Waals surface area (Å²) in [4.78, 5) is 16.4. The molecule has 0 radical (unpaired) electrons. The zero-order valence-electron chi connectivity index (χ0n) is 18.2. The van der Waals surface area contributed by atoms with Crippen LogP contribution in [0.15, 0.2) is 78.9 Å². The maximum Gasteiger partial charge on any atom is 0.336 e. The number of hydrogen-bond acceptors (Lipinski definition) is 3. The fourth-order valence-electron chi connectivity index (χ4n) is 3.80. The number of aryl methyl sites for hydroxylation is 1. The van der Waals surface area contributed by atoms with E-state index in [0.717, 1.165) is 54.1 Å². The summed E-state index contributed by atoms with van der Waals surface area (Å²) in [5, 5.41) is 14.2. The average molecular weight is 426 g/mol. The highest BCUT2D eigenvalue weighted by Gasteiger charge is 2.13. The molecule has 0 aliphatic rings. The van der Waals surface area contributed by atoms with Crippen LogP contribution < -0.4 is 0 Å². The van der Waals surface area contributed by atoms with Crippen molar-refractivity contribution in [2.45, 2.75) is 39.2 Å². The Morgan fingerprint density at radius 3 is 2.28 bits per heavy atom. The maximum atomic E-state index is 11.5. The van der Waals surface area contributed by atoms with Crippen molar-refractivity contribution >= 4 is 5.97 Å². The minimum atomic E-state index is -0.917. The monoisotopic (exact) mass is 425 g/mol. The van der Waals surface area contributed by atoms with E-state index < -0.39 is 5.97 Å². The molecule has 32 heavy (non-hydrogen) atoms. The topological polar surface area (TPSA) is 68.0 Å². The highest BCUT2D eigenvalue weighted by Crippen LogP contribution is 2.25. The van der Waals surface area contributed by atoms with Crippen molar-refractivity contribution in [2.75, 3.05) is 0 Å². The Labute approximate surface area is 188 Å². The quantitative estimate of drug-likeness (QED) is 0.378. The van der Waals surface area contributed by atoms with E-state index in [9.17, 15) is 9.90 Å². The predicted molar refractivity (Wildman–Crippen MR) is 126 cm³/mol. The zero-order valence-corrected chi connectivity index (χ0v) is 18.2. The molecule has 0 unspecified atom stereocenters. The molecule has 1 aromatic heterocycles.